The summed E-state index contributed by atoms with van der Waals surface area (Å²) in [6, 6.07) is 0.271. The van der Waals surface area contributed by atoms with Crippen LogP contribution in [0.15, 0.2) is 0 Å². The van der Waals surface area contributed by atoms with E-state index in [0.29, 0.717) is 5.92 Å². The van der Waals surface area contributed by atoms with Gasteiger partial charge in [0.05, 0.1) is 0 Å². The predicted octanol–water partition coefficient (Wildman–Crippen LogP) is 1.79. The Morgan fingerprint density at radius 1 is 1.26 bits per heavy atom. The molecule has 19 heavy (non-hydrogen) atoms. The number of ether oxygens (including phenoxy) is 1. The molecule has 0 aromatic rings. The highest BCUT2D eigenvalue weighted by molar-refractivity contribution is 5.81. The Bertz CT molecular complexity index is 282. The lowest BCUT2D eigenvalue weighted by Crippen LogP contribution is -2.48. The van der Waals surface area contributed by atoms with E-state index in [9.17, 15) is 4.79 Å². The summed E-state index contributed by atoms with van der Waals surface area (Å²) in [6.07, 6.45) is 5.30. The molecule has 4 heteroatoms. The van der Waals surface area contributed by atoms with Crippen LogP contribution in [0.1, 0.15) is 46.0 Å². The minimum atomic E-state index is -0.183. The Kier molecular flexibility index (Phi) is 5.64. The lowest BCUT2D eigenvalue weighted by molar-refractivity contribution is -0.149. The van der Waals surface area contributed by atoms with Crippen LogP contribution in [0.3, 0.4) is 0 Å². The average Bonchev–Trinajstić information content (AvgIpc) is 2.46. The summed E-state index contributed by atoms with van der Waals surface area (Å²) in [4.78, 5) is 14.6. The predicted molar refractivity (Wildman–Crippen MR) is 76.0 cm³/mol. The molecule has 0 aliphatic carbocycles. The number of hydrogen-bond acceptors (Lipinski definition) is 3. The van der Waals surface area contributed by atoms with E-state index in [2.05, 4.69) is 19.2 Å². The second-order valence-corrected chi connectivity index (χ2v) is 6.13. The van der Waals surface area contributed by atoms with Gasteiger partial charge in [0.2, 0.25) is 0 Å². The van der Waals surface area contributed by atoms with Crippen molar-refractivity contribution < 1.29 is 9.53 Å². The fourth-order valence-electron chi connectivity index (χ4n) is 3.02. The number of carbonyl (C=O) groups is 1. The van der Waals surface area contributed by atoms with Gasteiger partial charge in [-0.05, 0) is 65.0 Å². The summed E-state index contributed by atoms with van der Waals surface area (Å²) in [5.41, 5.74) is 0. The molecule has 0 radical (unpaired) electrons. The molecular formula is C15H28N2O2. The molecule has 1 unspecified atom stereocenters. The van der Waals surface area contributed by atoms with E-state index in [0.717, 1.165) is 45.5 Å². The molecule has 0 saturated carbocycles. The first kappa shape index (κ1) is 14.8. The Morgan fingerprint density at radius 3 is 2.58 bits per heavy atom. The standard InChI is InChI=1S/C15H28N2O2/c1-12(2)17(11-13-6-8-16-9-7-13)15(18)14-5-3-4-10-19-14/h12-14,16H,3-11H2,1-2H3. The van der Waals surface area contributed by atoms with Crippen LogP contribution >= 0.6 is 0 Å². The number of amides is 1. The van der Waals surface area contributed by atoms with Crippen LogP contribution in [0.2, 0.25) is 0 Å². The molecule has 1 amide bonds. The molecule has 1 atom stereocenters. The van der Waals surface area contributed by atoms with Crippen LogP contribution < -0.4 is 5.32 Å². The molecule has 2 rings (SSSR count). The molecule has 110 valence electrons. The first-order valence-corrected chi connectivity index (χ1v) is 7.81. The molecule has 0 aromatic heterocycles. The summed E-state index contributed by atoms with van der Waals surface area (Å²) in [7, 11) is 0. The van der Waals surface area contributed by atoms with E-state index in [-0.39, 0.29) is 18.1 Å². The van der Waals surface area contributed by atoms with Gasteiger partial charge in [-0.1, -0.05) is 0 Å². The maximum Gasteiger partial charge on any atom is 0.251 e. The average molecular weight is 268 g/mol. The maximum atomic E-state index is 12.6. The summed E-state index contributed by atoms with van der Waals surface area (Å²) < 4.78 is 5.66. The zero-order chi connectivity index (χ0) is 13.7. The molecule has 1 N–H and O–H groups in total. The van der Waals surface area contributed by atoms with Crippen molar-refractivity contribution in [2.24, 2.45) is 5.92 Å². The van der Waals surface area contributed by atoms with E-state index in [1.165, 1.54) is 12.8 Å². The molecule has 2 saturated heterocycles. The first-order chi connectivity index (χ1) is 9.18. The van der Waals surface area contributed by atoms with Crippen molar-refractivity contribution in [3.05, 3.63) is 0 Å². The monoisotopic (exact) mass is 268 g/mol. The van der Waals surface area contributed by atoms with Gasteiger partial charge in [0.25, 0.3) is 5.91 Å². The van der Waals surface area contributed by atoms with Gasteiger partial charge >= 0.3 is 0 Å². The van der Waals surface area contributed by atoms with Crippen molar-refractivity contribution in [3.8, 4) is 0 Å². The zero-order valence-electron chi connectivity index (χ0n) is 12.4. The SMILES string of the molecule is CC(C)N(CC1CCNCC1)C(=O)C1CCCCO1. The van der Waals surface area contributed by atoms with Crippen LogP contribution in [0.4, 0.5) is 0 Å². The fourth-order valence-corrected chi connectivity index (χ4v) is 3.02. The normalized spacial score (nSPS) is 25.5. The number of nitrogens with one attached hydrogen (secondary N) is 1. The Balaban J connectivity index is 1.91. The third kappa shape index (κ3) is 4.18. The summed E-state index contributed by atoms with van der Waals surface area (Å²) >= 11 is 0. The van der Waals surface area contributed by atoms with Crippen molar-refractivity contribution in [3.63, 3.8) is 0 Å². The molecule has 0 bridgehead atoms. The van der Waals surface area contributed by atoms with Crippen molar-refractivity contribution in [1.82, 2.24) is 10.2 Å². The van der Waals surface area contributed by atoms with E-state index < -0.39 is 0 Å². The lowest BCUT2D eigenvalue weighted by Gasteiger charge is -2.35. The Hall–Kier alpha value is -0.610. The van der Waals surface area contributed by atoms with Crippen LogP contribution in [0, 0.1) is 5.92 Å². The molecule has 0 spiro atoms. The minimum Gasteiger partial charge on any atom is -0.368 e. The summed E-state index contributed by atoms with van der Waals surface area (Å²) in [5, 5.41) is 3.38. The molecule has 2 aliphatic rings. The van der Waals surface area contributed by atoms with Gasteiger partial charge in [-0.3, -0.25) is 4.79 Å². The Morgan fingerprint density at radius 2 is 2.00 bits per heavy atom. The molecule has 4 nitrogen and oxygen atoms in total. The van der Waals surface area contributed by atoms with Crippen molar-refractivity contribution in [2.75, 3.05) is 26.2 Å². The van der Waals surface area contributed by atoms with Gasteiger partial charge in [0, 0.05) is 19.2 Å². The van der Waals surface area contributed by atoms with E-state index in [1.807, 2.05) is 4.90 Å². The van der Waals surface area contributed by atoms with Gasteiger partial charge < -0.3 is 15.0 Å². The van der Waals surface area contributed by atoms with Gasteiger partial charge in [-0.2, -0.15) is 0 Å². The maximum absolute atomic E-state index is 12.6. The van der Waals surface area contributed by atoms with E-state index in [4.69, 9.17) is 4.74 Å². The number of piperidine rings is 1. The van der Waals surface area contributed by atoms with Crippen LogP contribution in [0.5, 0.6) is 0 Å². The largest absolute Gasteiger partial charge is 0.368 e. The second-order valence-electron chi connectivity index (χ2n) is 6.13. The third-order valence-electron chi connectivity index (χ3n) is 4.28. The third-order valence-corrected chi connectivity index (χ3v) is 4.28. The number of rotatable bonds is 4. The van der Waals surface area contributed by atoms with Gasteiger partial charge in [0.15, 0.2) is 0 Å². The first-order valence-electron chi connectivity index (χ1n) is 7.81. The van der Waals surface area contributed by atoms with Crippen molar-refractivity contribution in [2.45, 2.75) is 58.1 Å². The smallest absolute Gasteiger partial charge is 0.251 e. The highest BCUT2D eigenvalue weighted by Gasteiger charge is 2.30. The number of nitrogens with zero attached hydrogens (tertiary/aromatic N) is 1. The van der Waals surface area contributed by atoms with Crippen LogP contribution in [0.25, 0.3) is 0 Å². The van der Waals surface area contributed by atoms with Crippen molar-refractivity contribution >= 4 is 5.91 Å². The minimum absolute atomic E-state index is 0.183. The van der Waals surface area contributed by atoms with Gasteiger partial charge in [-0.25, -0.2) is 0 Å². The lowest BCUT2D eigenvalue weighted by atomic mass is 9.96. The second kappa shape index (κ2) is 7.25. The summed E-state index contributed by atoms with van der Waals surface area (Å²) in [6.45, 7) is 8.05. The van der Waals surface area contributed by atoms with Crippen LogP contribution in [-0.2, 0) is 9.53 Å². The quantitative estimate of drug-likeness (QED) is 0.845. The van der Waals surface area contributed by atoms with Gasteiger partial charge in [0.1, 0.15) is 6.10 Å². The van der Waals surface area contributed by atoms with E-state index >= 15 is 0 Å². The number of carbonyl (C=O) groups excluding carboxylic acids is 1. The molecule has 2 heterocycles. The highest BCUT2D eigenvalue weighted by atomic mass is 16.5. The fraction of sp³-hybridized carbons (Fsp3) is 0.933. The molecule has 0 aromatic carbocycles. The Labute approximate surface area is 116 Å². The zero-order valence-corrected chi connectivity index (χ0v) is 12.4. The molecule has 2 fully saturated rings. The van der Waals surface area contributed by atoms with Crippen LogP contribution in [-0.4, -0.2) is 49.2 Å². The number of hydrogen-bond donors (Lipinski definition) is 1. The highest BCUT2D eigenvalue weighted by Crippen LogP contribution is 2.20. The topological polar surface area (TPSA) is 41.6 Å². The molecular weight excluding hydrogens is 240 g/mol. The molecule has 2 aliphatic heterocycles. The van der Waals surface area contributed by atoms with Gasteiger partial charge in [-0.15, -0.1) is 0 Å². The summed E-state index contributed by atoms with van der Waals surface area (Å²) in [5.74, 6) is 0.865. The van der Waals surface area contributed by atoms with Crippen molar-refractivity contribution in [1.29, 1.82) is 0 Å². The van der Waals surface area contributed by atoms with E-state index in [1.54, 1.807) is 0 Å².